The number of halogens is 4. The summed E-state index contributed by atoms with van der Waals surface area (Å²) in [4.78, 5) is 1.85. The van der Waals surface area contributed by atoms with Crippen LogP contribution in [0, 0.1) is 17.1 Å². The van der Waals surface area contributed by atoms with Gasteiger partial charge in [-0.15, -0.1) is 0 Å². The van der Waals surface area contributed by atoms with Crippen molar-refractivity contribution in [1.29, 1.82) is 5.26 Å². The van der Waals surface area contributed by atoms with E-state index in [0.717, 1.165) is 6.07 Å². The van der Waals surface area contributed by atoms with Gasteiger partial charge in [0.05, 0.1) is 24.1 Å². The van der Waals surface area contributed by atoms with Crippen molar-refractivity contribution in [3.05, 3.63) is 35.1 Å². The van der Waals surface area contributed by atoms with Gasteiger partial charge in [-0.2, -0.15) is 18.4 Å². The fraction of sp³-hybridized carbons (Fsp3) is 0.500. The van der Waals surface area contributed by atoms with E-state index >= 15 is 0 Å². The summed E-state index contributed by atoms with van der Waals surface area (Å²) < 4.78 is 52.6. The fourth-order valence-electron chi connectivity index (χ4n) is 2.54. The zero-order valence-electron chi connectivity index (χ0n) is 11.3. The number of piperazine rings is 1. The molecule has 1 atom stereocenters. The van der Waals surface area contributed by atoms with E-state index in [-0.39, 0.29) is 12.0 Å². The lowest BCUT2D eigenvalue weighted by molar-refractivity contribution is -0.140. The van der Waals surface area contributed by atoms with Gasteiger partial charge >= 0.3 is 6.18 Å². The lowest BCUT2D eigenvalue weighted by Crippen LogP contribution is -2.45. The Hall–Kier alpha value is -1.65. The highest BCUT2D eigenvalue weighted by molar-refractivity contribution is 5.31. The number of nitriles is 1. The highest BCUT2D eigenvalue weighted by Crippen LogP contribution is 2.36. The van der Waals surface area contributed by atoms with Crippen molar-refractivity contribution < 1.29 is 17.6 Å². The Labute approximate surface area is 120 Å². The number of nitrogens with zero attached hydrogens (tertiary/aromatic N) is 2. The number of rotatable bonds is 3. The van der Waals surface area contributed by atoms with Crippen molar-refractivity contribution >= 4 is 0 Å². The molecule has 1 saturated heterocycles. The standard InChI is InChI=1S/C14H15F4N3/c15-13-10(2-1-3-11(13)14(16,17)18)12(4-5-19)21-8-6-20-7-9-21/h1-3,12,20H,4,6-9H2/t12-/m0/s1. The molecule has 1 N–H and O–H groups in total. The average molecular weight is 301 g/mol. The van der Waals surface area contributed by atoms with Crippen molar-refractivity contribution in [2.24, 2.45) is 0 Å². The number of nitrogens with one attached hydrogen (secondary N) is 1. The van der Waals surface area contributed by atoms with Crippen molar-refractivity contribution in [3.8, 4) is 6.07 Å². The van der Waals surface area contributed by atoms with Crippen LogP contribution in [0.25, 0.3) is 0 Å². The van der Waals surface area contributed by atoms with Crippen LogP contribution in [0.4, 0.5) is 17.6 Å². The number of hydrogen-bond donors (Lipinski definition) is 1. The summed E-state index contributed by atoms with van der Waals surface area (Å²) in [5.74, 6) is -1.27. The Morgan fingerprint density at radius 1 is 1.29 bits per heavy atom. The van der Waals surface area contributed by atoms with Crippen molar-refractivity contribution in [2.45, 2.75) is 18.6 Å². The van der Waals surface area contributed by atoms with E-state index in [4.69, 9.17) is 5.26 Å². The topological polar surface area (TPSA) is 39.1 Å². The van der Waals surface area contributed by atoms with E-state index in [0.29, 0.717) is 26.2 Å². The second-order valence-corrected chi connectivity index (χ2v) is 4.87. The predicted molar refractivity (Wildman–Crippen MR) is 68.8 cm³/mol. The molecule has 21 heavy (non-hydrogen) atoms. The maximum Gasteiger partial charge on any atom is 0.419 e. The molecule has 1 fully saturated rings. The Balaban J connectivity index is 2.38. The van der Waals surface area contributed by atoms with Gasteiger partial charge < -0.3 is 5.32 Å². The van der Waals surface area contributed by atoms with E-state index < -0.39 is 23.6 Å². The zero-order valence-corrected chi connectivity index (χ0v) is 11.3. The second-order valence-electron chi connectivity index (χ2n) is 4.87. The first kappa shape index (κ1) is 15.7. The predicted octanol–water partition coefficient (Wildman–Crippen LogP) is 2.70. The molecule has 0 unspecified atom stereocenters. The van der Waals surface area contributed by atoms with E-state index in [9.17, 15) is 17.6 Å². The van der Waals surface area contributed by atoms with Crippen LogP contribution in [0.1, 0.15) is 23.6 Å². The third-order valence-electron chi connectivity index (χ3n) is 3.57. The summed E-state index contributed by atoms with van der Waals surface area (Å²) in [5.41, 5.74) is -1.34. The fourth-order valence-corrected chi connectivity index (χ4v) is 2.54. The third kappa shape index (κ3) is 3.52. The van der Waals surface area contributed by atoms with Gasteiger partial charge in [-0.3, -0.25) is 4.90 Å². The molecule has 7 heteroatoms. The first-order chi connectivity index (χ1) is 9.95. The molecule has 0 radical (unpaired) electrons. The molecule has 0 aromatic heterocycles. The number of hydrogen-bond acceptors (Lipinski definition) is 3. The van der Waals surface area contributed by atoms with Crippen molar-refractivity contribution in [1.82, 2.24) is 10.2 Å². The van der Waals surface area contributed by atoms with Gasteiger partial charge in [0.25, 0.3) is 0 Å². The molecule has 1 aromatic carbocycles. The maximum atomic E-state index is 14.2. The van der Waals surface area contributed by atoms with E-state index in [1.807, 2.05) is 11.0 Å². The molecule has 0 aliphatic carbocycles. The summed E-state index contributed by atoms with van der Waals surface area (Å²) in [6, 6.07) is 4.52. The normalized spacial score (nSPS) is 18.2. The molecule has 0 bridgehead atoms. The first-order valence-electron chi connectivity index (χ1n) is 6.62. The van der Waals surface area contributed by atoms with Gasteiger partial charge in [-0.1, -0.05) is 12.1 Å². The molecular formula is C14H15F4N3. The summed E-state index contributed by atoms with van der Waals surface area (Å²) in [6.07, 6.45) is -4.78. The third-order valence-corrected chi connectivity index (χ3v) is 3.57. The van der Waals surface area contributed by atoms with Crippen LogP contribution in [0.3, 0.4) is 0 Å². The zero-order chi connectivity index (χ0) is 15.5. The Kier molecular flexibility index (Phi) is 4.80. The minimum absolute atomic E-state index is 0.0434. The van der Waals surface area contributed by atoms with Crippen LogP contribution < -0.4 is 5.32 Å². The monoisotopic (exact) mass is 301 g/mol. The van der Waals surface area contributed by atoms with Crippen molar-refractivity contribution in [3.63, 3.8) is 0 Å². The highest BCUT2D eigenvalue weighted by Gasteiger charge is 2.36. The maximum absolute atomic E-state index is 14.2. The van der Waals surface area contributed by atoms with Crippen LogP contribution in [-0.2, 0) is 6.18 Å². The summed E-state index contributed by atoms with van der Waals surface area (Å²) in [5, 5.41) is 12.0. The van der Waals surface area contributed by atoms with Crippen LogP contribution in [0.15, 0.2) is 18.2 Å². The minimum atomic E-state index is -4.74. The molecule has 1 heterocycles. The quantitative estimate of drug-likeness (QED) is 0.873. The molecule has 0 spiro atoms. The summed E-state index contributed by atoms with van der Waals surface area (Å²) in [6.45, 7) is 2.48. The molecule has 1 aliphatic heterocycles. The van der Waals surface area contributed by atoms with Gasteiger partial charge in [0.15, 0.2) is 0 Å². The molecule has 1 aromatic rings. The van der Waals surface area contributed by atoms with E-state index in [1.165, 1.54) is 12.1 Å². The summed E-state index contributed by atoms with van der Waals surface area (Å²) in [7, 11) is 0. The summed E-state index contributed by atoms with van der Waals surface area (Å²) >= 11 is 0. The molecular weight excluding hydrogens is 286 g/mol. The average Bonchev–Trinajstić information content (AvgIpc) is 2.45. The van der Waals surface area contributed by atoms with E-state index in [2.05, 4.69) is 5.32 Å². The molecule has 3 nitrogen and oxygen atoms in total. The van der Waals surface area contributed by atoms with Crippen molar-refractivity contribution in [2.75, 3.05) is 26.2 Å². The van der Waals surface area contributed by atoms with Gasteiger partial charge in [0, 0.05) is 31.7 Å². The Morgan fingerprint density at radius 2 is 1.95 bits per heavy atom. The van der Waals surface area contributed by atoms with Crippen LogP contribution in [0.2, 0.25) is 0 Å². The second kappa shape index (κ2) is 6.41. The van der Waals surface area contributed by atoms with Crippen LogP contribution >= 0.6 is 0 Å². The van der Waals surface area contributed by atoms with Gasteiger partial charge in [0.1, 0.15) is 5.82 Å². The molecule has 1 aliphatic rings. The highest BCUT2D eigenvalue weighted by atomic mass is 19.4. The van der Waals surface area contributed by atoms with Crippen LogP contribution in [-0.4, -0.2) is 31.1 Å². The largest absolute Gasteiger partial charge is 0.419 e. The molecule has 114 valence electrons. The minimum Gasteiger partial charge on any atom is -0.314 e. The lowest BCUT2D eigenvalue weighted by Gasteiger charge is -2.34. The number of alkyl halides is 3. The Morgan fingerprint density at radius 3 is 2.52 bits per heavy atom. The van der Waals surface area contributed by atoms with Gasteiger partial charge in [0.2, 0.25) is 0 Å². The molecule has 0 amide bonds. The van der Waals surface area contributed by atoms with Gasteiger partial charge in [-0.05, 0) is 6.07 Å². The lowest BCUT2D eigenvalue weighted by atomic mass is 9.98. The smallest absolute Gasteiger partial charge is 0.314 e. The number of benzene rings is 1. The van der Waals surface area contributed by atoms with Gasteiger partial charge in [-0.25, -0.2) is 4.39 Å². The molecule has 2 rings (SSSR count). The van der Waals surface area contributed by atoms with E-state index in [1.54, 1.807) is 0 Å². The van der Waals surface area contributed by atoms with Crippen LogP contribution in [0.5, 0.6) is 0 Å². The SMILES string of the molecule is N#CC[C@@H](c1cccc(C(F)(F)F)c1F)N1CCNCC1. The Bertz CT molecular complexity index is 530. The molecule has 0 saturated carbocycles. The first-order valence-corrected chi connectivity index (χ1v) is 6.62.